The van der Waals surface area contributed by atoms with Gasteiger partial charge in [-0.05, 0) is 62.3 Å². The standard InChI is InChI=1S/C31H35ClF2N6O3/c1-2-18-13-40-19(11-35-18)14-42-29-24-27(25(34)26(36-29)21-8-20(41)9-22(32)23(21)16-4-5-16)37-30(38-28(24)40)43-15-31-6-3-7-39(31)12-17(33)10-31/h8-9,16-19,35,41H,2-7,10-15H2,1H3/t17-,18?,19+,31+/m1/s1. The van der Waals surface area contributed by atoms with Crippen LogP contribution in [0.1, 0.15) is 56.9 Å². The number of benzene rings is 1. The smallest absolute Gasteiger partial charge is 0.319 e. The predicted molar refractivity (Wildman–Crippen MR) is 159 cm³/mol. The molecule has 6 heterocycles. The van der Waals surface area contributed by atoms with E-state index in [2.05, 4.69) is 27.0 Å². The summed E-state index contributed by atoms with van der Waals surface area (Å²) in [5, 5.41) is 14.8. The van der Waals surface area contributed by atoms with Crippen molar-refractivity contribution in [3.05, 3.63) is 28.5 Å². The summed E-state index contributed by atoms with van der Waals surface area (Å²) >= 11 is 6.59. The number of halogens is 3. The Morgan fingerprint density at radius 1 is 1.23 bits per heavy atom. The lowest BCUT2D eigenvalue weighted by atomic mass is 9.95. The van der Waals surface area contributed by atoms with E-state index in [9.17, 15) is 9.50 Å². The molecule has 4 atom stereocenters. The molecule has 0 amide bonds. The number of anilines is 1. The Morgan fingerprint density at radius 2 is 2.09 bits per heavy atom. The Kier molecular flexibility index (Phi) is 6.58. The fourth-order valence-electron chi connectivity index (χ4n) is 7.61. The number of rotatable bonds is 6. The Labute approximate surface area is 253 Å². The van der Waals surface area contributed by atoms with Crippen LogP contribution in [-0.2, 0) is 0 Å². The molecule has 2 aromatic heterocycles. The third-order valence-corrected chi connectivity index (χ3v) is 10.3. The van der Waals surface area contributed by atoms with E-state index < -0.39 is 17.5 Å². The number of nitrogens with one attached hydrogen (secondary N) is 1. The van der Waals surface area contributed by atoms with E-state index in [1.54, 1.807) is 0 Å². The molecule has 8 rings (SSSR count). The second-order valence-electron chi connectivity index (χ2n) is 12.8. The van der Waals surface area contributed by atoms with Crippen LogP contribution in [0.25, 0.3) is 22.2 Å². The highest BCUT2D eigenvalue weighted by molar-refractivity contribution is 6.32. The lowest BCUT2D eigenvalue weighted by molar-refractivity contribution is 0.107. The van der Waals surface area contributed by atoms with Crippen molar-refractivity contribution in [1.29, 1.82) is 0 Å². The van der Waals surface area contributed by atoms with Crippen molar-refractivity contribution in [2.45, 2.75) is 75.2 Å². The average Bonchev–Trinajstić information content (AvgIpc) is 3.70. The number of alkyl halides is 1. The van der Waals surface area contributed by atoms with Gasteiger partial charge in [0.1, 0.15) is 47.5 Å². The fourth-order valence-corrected chi connectivity index (χ4v) is 7.98. The maximum absolute atomic E-state index is 16.8. The van der Waals surface area contributed by atoms with Gasteiger partial charge in [-0.25, -0.2) is 13.8 Å². The molecule has 0 radical (unpaired) electrons. The van der Waals surface area contributed by atoms with Gasteiger partial charge in [-0.15, -0.1) is 0 Å². The largest absolute Gasteiger partial charge is 0.508 e. The van der Waals surface area contributed by atoms with Gasteiger partial charge in [0.2, 0.25) is 5.88 Å². The van der Waals surface area contributed by atoms with Crippen molar-refractivity contribution in [1.82, 2.24) is 25.2 Å². The first-order chi connectivity index (χ1) is 20.8. The molecule has 1 aromatic carbocycles. The van der Waals surface area contributed by atoms with Crippen molar-refractivity contribution >= 4 is 28.3 Å². The topological polar surface area (TPSA) is 95.9 Å². The number of ether oxygens (including phenoxy) is 2. The maximum atomic E-state index is 16.8. The molecule has 43 heavy (non-hydrogen) atoms. The monoisotopic (exact) mass is 612 g/mol. The molecule has 9 nitrogen and oxygen atoms in total. The van der Waals surface area contributed by atoms with Crippen LogP contribution in [0.5, 0.6) is 17.6 Å². The first kappa shape index (κ1) is 27.5. The minimum Gasteiger partial charge on any atom is -0.508 e. The number of phenols is 1. The van der Waals surface area contributed by atoms with Gasteiger partial charge in [0.25, 0.3) is 0 Å². The molecular formula is C31H35ClF2N6O3. The summed E-state index contributed by atoms with van der Waals surface area (Å²) in [4.78, 5) is 18.5. The molecule has 4 aliphatic heterocycles. The molecule has 5 aliphatic rings. The highest BCUT2D eigenvalue weighted by Crippen LogP contribution is 2.50. The lowest BCUT2D eigenvalue weighted by Gasteiger charge is -2.39. The number of hydrogen-bond donors (Lipinski definition) is 2. The molecule has 1 unspecified atom stereocenters. The molecule has 3 aromatic rings. The highest BCUT2D eigenvalue weighted by Gasteiger charge is 2.49. The summed E-state index contributed by atoms with van der Waals surface area (Å²) in [5.41, 5.74) is 0.878. The van der Waals surface area contributed by atoms with Crippen LogP contribution in [0.15, 0.2) is 12.1 Å². The van der Waals surface area contributed by atoms with E-state index in [1.807, 2.05) is 0 Å². The molecular weight excluding hydrogens is 578 g/mol. The first-order valence-electron chi connectivity index (χ1n) is 15.4. The van der Waals surface area contributed by atoms with E-state index in [4.69, 9.17) is 31.0 Å². The number of hydrogen-bond acceptors (Lipinski definition) is 9. The summed E-state index contributed by atoms with van der Waals surface area (Å²) in [6, 6.07) is 3.22. The van der Waals surface area contributed by atoms with Crippen LogP contribution in [0.2, 0.25) is 5.02 Å². The Hall–Kier alpha value is -3.02. The second kappa shape index (κ2) is 10.3. The predicted octanol–water partition coefficient (Wildman–Crippen LogP) is 4.97. The van der Waals surface area contributed by atoms with E-state index in [0.29, 0.717) is 54.5 Å². The summed E-state index contributed by atoms with van der Waals surface area (Å²) < 4.78 is 43.8. The third kappa shape index (κ3) is 4.57. The molecule has 2 N–H and O–H groups in total. The van der Waals surface area contributed by atoms with E-state index in [1.165, 1.54) is 12.1 Å². The number of nitrogens with zero attached hydrogens (tertiary/aromatic N) is 5. The van der Waals surface area contributed by atoms with Crippen LogP contribution >= 0.6 is 11.6 Å². The zero-order valence-corrected chi connectivity index (χ0v) is 24.8. The van der Waals surface area contributed by atoms with Crippen molar-refractivity contribution < 1.29 is 23.4 Å². The lowest BCUT2D eigenvalue weighted by Crippen LogP contribution is -2.58. The third-order valence-electron chi connectivity index (χ3n) is 9.98. The summed E-state index contributed by atoms with van der Waals surface area (Å²) in [5.74, 6) is 0.230. The average molecular weight is 613 g/mol. The van der Waals surface area contributed by atoms with Gasteiger partial charge < -0.3 is 24.8 Å². The normalized spacial score (nSPS) is 28.5. The number of pyridine rings is 1. The maximum Gasteiger partial charge on any atom is 0.319 e. The van der Waals surface area contributed by atoms with E-state index >= 15 is 4.39 Å². The van der Waals surface area contributed by atoms with Gasteiger partial charge in [-0.1, -0.05) is 18.5 Å². The van der Waals surface area contributed by atoms with Crippen LogP contribution in [-0.4, -0.2) is 88.1 Å². The molecule has 3 saturated heterocycles. The minimum absolute atomic E-state index is 0.0267. The summed E-state index contributed by atoms with van der Waals surface area (Å²) in [6.45, 7) is 5.28. The number of fused-ring (bicyclic) bond motifs is 3. The van der Waals surface area contributed by atoms with E-state index in [0.717, 1.165) is 44.2 Å². The zero-order chi connectivity index (χ0) is 29.5. The van der Waals surface area contributed by atoms with Crippen LogP contribution in [0.3, 0.4) is 0 Å². The Balaban J connectivity index is 1.29. The van der Waals surface area contributed by atoms with Gasteiger partial charge in [0, 0.05) is 42.7 Å². The number of aromatic hydroxyl groups is 1. The fraction of sp³-hybridized carbons (Fsp3) is 0.581. The Bertz CT molecular complexity index is 1610. The van der Waals surface area contributed by atoms with Crippen molar-refractivity contribution in [3.8, 4) is 28.9 Å². The van der Waals surface area contributed by atoms with Crippen molar-refractivity contribution in [2.75, 3.05) is 44.3 Å². The molecule has 228 valence electrons. The zero-order valence-electron chi connectivity index (χ0n) is 24.1. The van der Waals surface area contributed by atoms with Gasteiger partial charge in [-0.2, -0.15) is 9.97 Å². The van der Waals surface area contributed by atoms with Gasteiger partial charge >= 0.3 is 6.01 Å². The highest BCUT2D eigenvalue weighted by atomic mass is 35.5. The molecule has 1 aliphatic carbocycles. The van der Waals surface area contributed by atoms with Gasteiger partial charge in [-0.3, -0.25) is 4.90 Å². The number of phenolic OH excluding ortho intramolecular Hbond substituents is 1. The number of aromatic nitrogens is 3. The SMILES string of the molecule is CCC1CN2c3nc(OC[C@@]45CCCN4C[C@H](F)C5)nc4c(F)c(-c5cc(O)cc(Cl)c5C5CC5)nc(c34)OC[C@@H]2CN1. The molecule has 4 fully saturated rings. The van der Waals surface area contributed by atoms with Crippen molar-refractivity contribution in [2.24, 2.45) is 0 Å². The molecule has 0 bridgehead atoms. The molecule has 1 saturated carbocycles. The first-order valence-corrected chi connectivity index (χ1v) is 15.8. The van der Waals surface area contributed by atoms with Crippen LogP contribution in [0.4, 0.5) is 14.6 Å². The van der Waals surface area contributed by atoms with Crippen LogP contribution < -0.4 is 19.7 Å². The summed E-state index contributed by atoms with van der Waals surface area (Å²) in [6.07, 6.45) is 4.13. The quantitative estimate of drug-likeness (QED) is 0.400. The minimum atomic E-state index is -0.890. The molecule has 12 heteroatoms. The van der Waals surface area contributed by atoms with E-state index in [-0.39, 0.29) is 53.5 Å². The Morgan fingerprint density at radius 3 is 2.91 bits per heavy atom. The van der Waals surface area contributed by atoms with Gasteiger partial charge in [0.15, 0.2) is 5.82 Å². The summed E-state index contributed by atoms with van der Waals surface area (Å²) in [7, 11) is 0. The number of piperazine rings is 1. The van der Waals surface area contributed by atoms with Crippen LogP contribution in [0, 0.1) is 5.82 Å². The van der Waals surface area contributed by atoms with Gasteiger partial charge in [0.05, 0.1) is 11.6 Å². The van der Waals surface area contributed by atoms with Crippen molar-refractivity contribution in [3.63, 3.8) is 0 Å². The molecule has 0 spiro atoms. The second-order valence-corrected chi connectivity index (χ2v) is 13.2.